The van der Waals surface area contributed by atoms with Crippen LogP contribution >= 0.6 is 0 Å². The van der Waals surface area contributed by atoms with E-state index in [0.717, 1.165) is 17.0 Å². The fourth-order valence-electron chi connectivity index (χ4n) is 1.01. The summed E-state index contributed by atoms with van der Waals surface area (Å²) in [7, 11) is 0. The van der Waals surface area contributed by atoms with Gasteiger partial charge >= 0.3 is 0 Å². The average molecular weight is 163 g/mol. The summed E-state index contributed by atoms with van der Waals surface area (Å²) >= 11 is 0. The van der Waals surface area contributed by atoms with Gasteiger partial charge < -0.3 is 5.11 Å². The lowest BCUT2D eigenvalue weighted by atomic mass is 10.2. The number of benzene rings is 1. The molecule has 0 aliphatic rings. The summed E-state index contributed by atoms with van der Waals surface area (Å²) in [5, 5.41) is 9.12. The Balaban J connectivity index is 3.10. The molecule has 2 nitrogen and oxygen atoms in total. The van der Waals surface area contributed by atoms with Crippen molar-refractivity contribution in [2.24, 2.45) is 4.99 Å². The minimum atomic E-state index is 0.292. The molecule has 1 aromatic carbocycles. The zero-order chi connectivity index (χ0) is 9.14. The fourth-order valence-corrected chi connectivity index (χ4v) is 1.01. The Morgan fingerprint density at radius 2 is 2.00 bits per heavy atom. The van der Waals surface area contributed by atoms with Gasteiger partial charge in [-0.15, -0.1) is 0 Å². The maximum absolute atomic E-state index is 9.12. The highest BCUT2D eigenvalue weighted by molar-refractivity contribution is 5.82. The number of hydrogen-bond donors (Lipinski definition) is 1. The molecule has 0 heterocycles. The van der Waals surface area contributed by atoms with Crippen LogP contribution in [0.5, 0.6) is 5.75 Å². The van der Waals surface area contributed by atoms with Crippen LogP contribution < -0.4 is 0 Å². The van der Waals surface area contributed by atoms with Crippen LogP contribution in [0.4, 0.5) is 5.69 Å². The monoisotopic (exact) mass is 163 g/mol. The molecule has 0 radical (unpaired) electrons. The number of hydrogen-bond acceptors (Lipinski definition) is 2. The van der Waals surface area contributed by atoms with Gasteiger partial charge in [0.25, 0.3) is 0 Å². The highest BCUT2D eigenvalue weighted by atomic mass is 16.3. The molecule has 0 aliphatic heterocycles. The van der Waals surface area contributed by atoms with Crippen LogP contribution in [0.1, 0.15) is 19.4 Å². The average Bonchev–Trinajstić information content (AvgIpc) is 1.94. The van der Waals surface area contributed by atoms with Crippen LogP contribution in [-0.4, -0.2) is 10.8 Å². The van der Waals surface area contributed by atoms with Crippen LogP contribution in [0.2, 0.25) is 0 Å². The van der Waals surface area contributed by atoms with E-state index in [0.29, 0.717) is 5.75 Å². The van der Waals surface area contributed by atoms with Gasteiger partial charge in [-0.3, -0.25) is 4.99 Å². The smallest absolute Gasteiger partial charge is 0.115 e. The predicted octanol–water partition coefficient (Wildman–Crippen LogP) is 2.81. The fraction of sp³-hybridized carbons (Fsp3) is 0.300. The molecule has 64 valence electrons. The SMILES string of the molecule is CC(C)=Nc1ccc(O)cc1C. The van der Waals surface area contributed by atoms with Crippen LogP contribution in [-0.2, 0) is 0 Å². The minimum Gasteiger partial charge on any atom is -0.508 e. The third kappa shape index (κ3) is 2.09. The van der Waals surface area contributed by atoms with E-state index in [1.54, 1.807) is 12.1 Å². The number of aromatic hydroxyl groups is 1. The largest absolute Gasteiger partial charge is 0.508 e. The molecular weight excluding hydrogens is 150 g/mol. The second-order valence-electron chi connectivity index (χ2n) is 3.03. The highest BCUT2D eigenvalue weighted by Crippen LogP contribution is 2.22. The van der Waals surface area contributed by atoms with Gasteiger partial charge in [-0.2, -0.15) is 0 Å². The Bertz CT molecular complexity index is 312. The molecule has 1 aromatic rings. The lowest BCUT2D eigenvalue weighted by Gasteiger charge is -2.00. The number of phenolic OH excluding ortho intramolecular Hbond substituents is 1. The molecule has 12 heavy (non-hydrogen) atoms. The number of aryl methyl sites for hydroxylation is 1. The van der Waals surface area contributed by atoms with Gasteiger partial charge in [0.15, 0.2) is 0 Å². The molecular formula is C10H13NO. The maximum atomic E-state index is 9.12. The molecule has 0 fully saturated rings. The van der Waals surface area contributed by atoms with E-state index >= 15 is 0 Å². The van der Waals surface area contributed by atoms with Gasteiger partial charge in [-0.25, -0.2) is 0 Å². The van der Waals surface area contributed by atoms with Crippen molar-refractivity contribution in [1.82, 2.24) is 0 Å². The van der Waals surface area contributed by atoms with E-state index in [9.17, 15) is 0 Å². The number of rotatable bonds is 1. The summed E-state index contributed by atoms with van der Waals surface area (Å²) in [5.41, 5.74) is 2.94. The van der Waals surface area contributed by atoms with Crippen LogP contribution in [0.25, 0.3) is 0 Å². The summed E-state index contributed by atoms with van der Waals surface area (Å²) in [6, 6.07) is 5.17. The molecule has 0 amide bonds. The quantitative estimate of drug-likeness (QED) is 0.634. The summed E-state index contributed by atoms with van der Waals surface area (Å²) < 4.78 is 0. The second kappa shape index (κ2) is 3.39. The van der Waals surface area contributed by atoms with Crippen molar-refractivity contribution in [2.45, 2.75) is 20.8 Å². The number of nitrogens with zero attached hydrogens (tertiary/aromatic N) is 1. The molecule has 0 saturated heterocycles. The number of aliphatic imine (C=N–C) groups is 1. The summed E-state index contributed by atoms with van der Waals surface area (Å²) in [4.78, 5) is 4.31. The summed E-state index contributed by atoms with van der Waals surface area (Å²) in [6.07, 6.45) is 0. The van der Waals surface area contributed by atoms with Crippen molar-refractivity contribution in [2.75, 3.05) is 0 Å². The van der Waals surface area contributed by atoms with E-state index in [-0.39, 0.29) is 0 Å². The highest BCUT2D eigenvalue weighted by Gasteiger charge is 1.96. The van der Waals surface area contributed by atoms with Gasteiger partial charge in [-0.05, 0) is 44.5 Å². The number of phenols is 1. The molecule has 0 atom stereocenters. The zero-order valence-corrected chi connectivity index (χ0v) is 7.63. The van der Waals surface area contributed by atoms with Crippen molar-refractivity contribution in [3.63, 3.8) is 0 Å². The topological polar surface area (TPSA) is 32.6 Å². The van der Waals surface area contributed by atoms with Crippen molar-refractivity contribution in [3.8, 4) is 5.75 Å². The summed E-state index contributed by atoms with van der Waals surface area (Å²) in [5.74, 6) is 0.292. The van der Waals surface area contributed by atoms with Gasteiger partial charge in [0, 0.05) is 5.71 Å². The predicted molar refractivity (Wildman–Crippen MR) is 51.3 cm³/mol. The summed E-state index contributed by atoms with van der Waals surface area (Å²) in [6.45, 7) is 5.83. The first-order valence-electron chi connectivity index (χ1n) is 3.91. The Kier molecular flexibility index (Phi) is 2.48. The molecule has 0 spiro atoms. The Hall–Kier alpha value is -1.31. The third-order valence-corrected chi connectivity index (χ3v) is 1.52. The minimum absolute atomic E-state index is 0.292. The first kappa shape index (κ1) is 8.78. The van der Waals surface area contributed by atoms with Crippen molar-refractivity contribution in [1.29, 1.82) is 0 Å². The van der Waals surface area contributed by atoms with Gasteiger partial charge in [-0.1, -0.05) is 0 Å². The van der Waals surface area contributed by atoms with E-state index in [1.807, 2.05) is 26.8 Å². The van der Waals surface area contributed by atoms with Crippen LogP contribution in [0, 0.1) is 6.92 Å². The molecule has 0 bridgehead atoms. The molecule has 2 heteroatoms. The molecule has 0 saturated carbocycles. The standard InChI is InChI=1S/C10H13NO/c1-7(2)11-10-5-4-9(12)6-8(10)3/h4-6,12H,1-3H3. The van der Waals surface area contributed by atoms with Crippen molar-refractivity contribution in [3.05, 3.63) is 23.8 Å². The lowest BCUT2D eigenvalue weighted by molar-refractivity contribution is 0.475. The maximum Gasteiger partial charge on any atom is 0.115 e. The Labute approximate surface area is 72.6 Å². The zero-order valence-electron chi connectivity index (χ0n) is 7.63. The van der Waals surface area contributed by atoms with Crippen molar-refractivity contribution < 1.29 is 5.11 Å². The molecule has 0 aliphatic carbocycles. The first-order valence-corrected chi connectivity index (χ1v) is 3.91. The van der Waals surface area contributed by atoms with E-state index in [2.05, 4.69) is 4.99 Å². The van der Waals surface area contributed by atoms with Gasteiger partial charge in [0.05, 0.1) is 5.69 Å². The second-order valence-corrected chi connectivity index (χ2v) is 3.03. The molecule has 0 aromatic heterocycles. The molecule has 0 unspecified atom stereocenters. The Morgan fingerprint density at radius 3 is 2.50 bits per heavy atom. The Morgan fingerprint density at radius 1 is 1.33 bits per heavy atom. The van der Waals surface area contributed by atoms with Crippen molar-refractivity contribution >= 4 is 11.4 Å². The van der Waals surface area contributed by atoms with E-state index < -0.39 is 0 Å². The molecule has 1 rings (SSSR count). The first-order chi connectivity index (χ1) is 5.59. The van der Waals surface area contributed by atoms with E-state index in [4.69, 9.17) is 5.11 Å². The van der Waals surface area contributed by atoms with E-state index in [1.165, 1.54) is 0 Å². The van der Waals surface area contributed by atoms with Crippen LogP contribution in [0.3, 0.4) is 0 Å². The van der Waals surface area contributed by atoms with Crippen LogP contribution in [0.15, 0.2) is 23.2 Å². The lowest BCUT2D eigenvalue weighted by Crippen LogP contribution is -1.80. The van der Waals surface area contributed by atoms with Gasteiger partial charge in [0.2, 0.25) is 0 Å². The third-order valence-electron chi connectivity index (χ3n) is 1.52. The normalized spacial score (nSPS) is 9.58. The van der Waals surface area contributed by atoms with Gasteiger partial charge in [0.1, 0.15) is 5.75 Å². The molecule has 1 N–H and O–H groups in total.